The van der Waals surface area contributed by atoms with Gasteiger partial charge >= 0.3 is 0 Å². The van der Waals surface area contributed by atoms with E-state index >= 15 is 0 Å². The number of carbonyl (C=O) groups is 2. The lowest BCUT2D eigenvalue weighted by Gasteiger charge is -2.43. The minimum absolute atomic E-state index is 0.164. The maximum absolute atomic E-state index is 13.7. The van der Waals surface area contributed by atoms with Gasteiger partial charge in [0, 0.05) is 12.2 Å². The monoisotopic (exact) mass is 460 g/mol. The average molecular weight is 461 g/mol. The molecule has 1 aliphatic rings. The van der Waals surface area contributed by atoms with Gasteiger partial charge in [0.1, 0.15) is 22.7 Å². The number of benzene rings is 2. The highest BCUT2D eigenvalue weighted by molar-refractivity contribution is 7.13. The van der Waals surface area contributed by atoms with Gasteiger partial charge in [0.05, 0.1) is 11.4 Å². The molecule has 5 rings (SSSR count). The Balaban J connectivity index is 1.54. The third-order valence-corrected chi connectivity index (χ3v) is 6.69. The number of carbonyl (C=O) groups excluding carboxylic acids is 2. The maximum atomic E-state index is 13.7. The van der Waals surface area contributed by atoms with E-state index in [9.17, 15) is 14.0 Å². The molecule has 1 aliphatic heterocycles. The van der Waals surface area contributed by atoms with Crippen LogP contribution < -0.4 is 10.2 Å². The number of nitrogens with one attached hydrogen (secondary N) is 1. The lowest BCUT2D eigenvalue weighted by Crippen LogP contribution is -2.64. The second kappa shape index (κ2) is 8.29. The predicted octanol–water partition coefficient (Wildman–Crippen LogP) is 4.49. The number of hydrogen-bond donors (Lipinski definition) is 1. The van der Waals surface area contributed by atoms with E-state index in [2.05, 4.69) is 10.4 Å². The van der Waals surface area contributed by atoms with Crippen molar-refractivity contribution in [2.24, 2.45) is 0 Å². The van der Waals surface area contributed by atoms with Gasteiger partial charge in [-0.3, -0.25) is 19.2 Å². The summed E-state index contributed by atoms with van der Waals surface area (Å²) < 4.78 is 15.2. The Kier molecular flexibility index (Phi) is 5.30. The molecule has 8 heteroatoms. The minimum atomic E-state index is -1.27. The molecule has 1 N–H and O–H groups in total. The number of nitrogens with zero attached hydrogens (tertiary/aromatic N) is 3. The van der Waals surface area contributed by atoms with Gasteiger partial charge in [-0.25, -0.2) is 4.39 Å². The second-order valence-corrected chi connectivity index (χ2v) is 9.06. The van der Waals surface area contributed by atoms with Crippen molar-refractivity contribution in [3.05, 3.63) is 95.3 Å². The third kappa shape index (κ3) is 3.82. The van der Waals surface area contributed by atoms with Crippen molar-refractivity contribution in [3.8, 4) is 10.6 Å². The Morgan fingerprint density at radius 3 is 2.58 bits per heavy atom. The van der Waals surface area contributed by atoms with Gasteiger partial charge in [-0.05, 0) is 54.3 Å². The van der Waals surface area contributed by atoms with Crippen molar-refractivity contribution in [1.29, 1.82) is 0 Å². The van der Waals surface area contributed by atoms with Crippen molar-refractivity contribution in [2.75, 3.05) is 4.90 Å². The summed E-state index contributed by atoms with van der Waals surface area (Å²) in [7, 11) is 0. The van der Waals surface area contributed by atoms with Crippen molar-refractivity contribution in [3.63, 3.8) is 0 Å². The fraction of sp³-hybridized carbons (Fsp3) is 0.160. The SMILES string of the molecule is CC1(C(=O)NCc2ccccc2)Cn2nc(-c3cccs3)cc2C(=O)N1c1ccc(F)cc1. The Bertz CT molecular complexity index is 1300. The Hall–Kier alpha value is -3.78. The van der Waals surface area contributed by atoms with E-state index in [1.807, 2.05) is 47.8 Å². The molecule has 0 radical (unpaired) electrons. The van der Waals surface area contributed by atoms with Crippen molar-refractivity contribution in [1.82, 2.24) is 15.1 Å². The lowest BCUT2D eigenvalue weighted by atomic mass is 9.94. The summed E-state index contributed by atoms with van der Waals surface area (Å²) in [4.78, 5) is 29.6. The molecule has 0 bridgehead atoms. The average Bonchev–Trinajstić information content (AvgIpc) is 3.49. The summed E-state index contributed by atoms with van der Waals surface area (Å²) in [6, 6.07) is 20.8. The van der Waals surface area contributed by atoms with E-state index in [0.29, 0.717) is 23.6 Å². The fourth-order valence-corrected chi connectivity index (χ4v) is 4.77. The van der Waals surface area contributed by atoms with Crippen LogP contribution in [0, 0.1) is 5.82 Å². The van der Waals surface area contributed by atoms with Crippen LogP contribution in [0.5, 0.6) is 0 Å². The van der Waals surface area contributed by atoms with E-state index in [1.54, 1.807) is 17.7 Å². The zero-order valence-electron chi connectivity index (χ0n) is 17.9. The highest BCUT2D eigenvalue weighted by Gasteiger charge is 2.48. The molecule has 33 heavy (non-hydrogen) atoms. The van der Waals surface area contributed by atoms with Gasteiger partial charge < -0.3 is 5.32 Å². The minimum Gasteiger partial charge on any atom is -0.350 e. The van der Waals surface area contributed by atoms with Crippen LogP contribution in [-0.4, -0.2) is 27.1 Å². The Morgan fingerprint density at radius 1 is 1.12 bits per heavy atom. The van der Waals surface area contributed by atoms with E-state index in [0.717, 1.165) is 10.4 Å². The first kappa shape index (κ1) is 21.1. The van der Waals surface area contributed by atoms with Gasteiger partial charge in [-0.2, -0.15) is 5.10 Å². The zero-order valence-corrected chi connectivity index (χ0v) is 18.7. The van der Waals surface area contributed by atoms with Gasteiger partial charge in [0.2, 0.25) is 5.91 Å². The smallest absolute Gasteiger partial charge is 0.277 e. The molecule has 0 spiro atoms. The van der Waals surface area contributed by atoms with Crippen LogP contribution in [0.1, 0.15) is 23.0 Å². The van der Waals surface area contributed by atoms with Crippen LogP contribution in [0.2, 0.25) is 0 Å². The van der Waals surface area contributed by atoms with E-state index in [1.165, 1.54) is 40.5 Å². The summed E-state index contributed by atoms with van der Waals surface area (Å²) >= 11 is 1.53. The van der Waals surface area contributed by atoms with E-state index in [-0.39, 0.29) is 18.4 Å². The molecule has 2 amide bonds. The Labute approximate surface area is 194 Å². The van der Waals surface area contributed by atoms with Crippen molar-refractivity contribution >= 4 is 28.8 Å². The van der Waals surface area contributed by atoms with Crippen LogP contribution in [-0.2, 0) is 17.9 Å². The van der Waals surface area contributed by atoms with Crippen molar-refractivity contribution < 1.29 is 14.0 Å². The number of aromatic nitrogens is 2. The lowest BCUT2D eigenvalue weighted by molar-refractivity contribution is -0.126. The van der Waals surface area contributed by atoms with Crippen LogP contribution >= 0.6 is 11.3 Å². The topological polar surface area (TPSA) is 67.2 Å². The molecule has 1 unspecified atom stereocenters. The highest BCUT2D eigenvalue weighted by atomic mass is 32.1. The third-order valence-electron chi connectivity index (χ3n) is 5.80. The second-order valence-electron chi connectivity index (χ2n) is 8.11. The largest absolute Gasteiger partial charge is 0.350 e. The number of amides is 2. The highest BCUT2D eigenvalue weighted by Crippen LogP contribution is 2.35. The number of anilines is 1. The quantitative estimate of drug-likeness (QED) is 0.477. The summed E-state index contributed by atoms with van der Waals surface area (Å²) in [6.07, 6.45) is 0. The number of hydrogen-bond acceptors (Lipinski definition) is 4. The molecule has 2 aromatic carbocycles. The van der Waals surface area contributed by atoms with E-state index in [4.69, 9.17) is 0 Å². The Morgan fingerprint density at radius 2 is 1.88 bits per heavy atom. The molecule has 3 heterocycles. The summed E-state index contributed by atoms with van der Waals surface area (Å²) in [5.41, 5.74) is 1.20. The molecule has 0 saturated heterocycles. The van der Waals surface area contributed by atoms with Gasteiger partial charge in [-0.1, -0.05) is 36.4 Å². The fourth-order valence-electron chi connectivity index (χ4n) is 4.09. The summed E-state index contributed by atoms with van der Waals surface area (Å²) in [5.74, 6) is -1.09. The number of halogens is 1. The number of rotatable bonds is 5. The normalized spacial score (nSPS) is 17.6. The standard InChI is InChI=1S/C25H21FN4O2S/c1-25(24(32)27-15-17-6-3-2-4-7-17)16-29-21(14-20(28-29)22-8-5-13-33-22)23(31)30(25)19-11-9-18(26)10-12-19/h2-14H,15-16H2,1H3,(H,27,32). The van der Waals surface area contributed by atoms with Crippen LogP contribution in [0.3, 0.4) is 0 Å². The summed E-state index contributed by atoms with van der Waals surface area (Å²) in [6.45, 7) is 2.20. The molecule has 6 nitrogen and oxygen atoms in total. The molecule has 4 aromatic rings. The first-order valence-corrected chi connectivity index (χ1v) is 11.4. The van der Waals surface area contributed by atoms with Crippen LogP contribution in [0.4, 0.5) is 10.1 Å². The number of fused-ring (bicyclic) bond motifs is 1. The predicted molar refractivity (Wildman–Crippen MR) is 125 cm³/mol. The molecule has 166 valence electrons. The molecule has 0 fully saturated rings. The van der Waals surface area contributed by atoms with Crippen LogP contribution in [0.25, 0.3) is 10.6 Å². The maximum Gasteiger partial charge on any atom is 0.277 e. The van der Waals surface area contributed by atoms with Gasteiger partial charge in [0.15, 0.2) is 0 Å². The first-order valence-electron chi connectivity index (χ1n) is 10.5. The molecular formula is C25H21FN4O2S. The molecule has 2 aromatic heterocycles. The molecule has 0 aliphatic carbocycles. The number of thiophene rings is 1. The summed E-state index contributed by atoms with van der Waals surface area (Å²) in [5, 5.41) is 9.53. The zero-order chi connectivity index (χ0) is 23.0. The molecule has 1 atom stereocenters. The van der Waals surface area contributed by atoms with Gasteiger partial charge in [-0.15, -0.1) is 11.3 Å². The molecule has 0 saturated carbocycles. The van der Waals surface area contributed by atoms with Crippen LogP contribution in [0.15, 0.2) is 78.2 Å². The van der Waals surface area contributed by atoms with Crippen molar-refractivity contribution in [2.45, 2.75) is 25.6 Å². The van der Waals surface area contributed by atoms with Gasteiger partial charge in [0.25, 0.3) is 5.91 Å². The first-order chi connectivity index (χ1) is 16.0. The molecular weight excluding hydrogens is 439 g/mol. The van der Waals surface area contributed by atoms with E-state index < -0.39 is 11.4 Å².